The van der Waals surface area contributed by atoms with Gasteiger partial charge in [0.1, 0.15) is 35.4 Å². The molecule has 23 heteroatoms. The molecule has 11 N–H and O–H groups in total. The van der Waals surface area contributed by atoms with Crippen LogP contribution >= 0.6 is 27.4 Å². The number of carbonyl (C=O) groups is 5. The molecule has 4 amide bonds. The number of rotatable bonds is 22. The van der Waals surface area contributed by atoms with E-state index in [-0.39, 0.29) is 50.1 Å². The summed E-state index contributed by atoms with van der Waals surface area (Å²) in [6, 6.07) is -2.85. The molecule has 0 radical (unpaired) electrons. The molecule has 1 unspecified atom stereocenters. The zero-order valence-electron chi connectivity index (χ0n) is 24.4. The lowest BCUT2D eigenvalue weighted by Crippen LogP contribution is -2.56. The Labute approximate surface area is 267 Å². The lowest BCUT2D eigenvalue weighted by molar-refractivity contribution is -0.137. The number of urea groups is 1. The first-order valence-electron chi connectivity index (χ1n) is 14.2. The van der Waals surface area contributed by atoms with E-state index in [0.29, 0.717) is 37.9 Å². The molecule has 2 aliphatic heterocycles. The monoisotopic (exact) mass is 722 g/mol. The van der Waals surface area contributed by atoms with Crippen LogP contribution in [0.3, 0.4) is 0 Å². The average molecular weight is 723 g/mol. The Morgan fingerprint density at radius 3 is 2.33 bits per heavy atom. The number of fused-ring (bicyclic) bond motifs is 1. The van der Waals surface area contributed by atoms with Crippen molar-refractivity contribution in [3.05, 3.63) is 0 Å². The summed E-state index contributed by atoms with van der Waals surface area (Å²) in [5, 5.41) is 49.3. The number of phosphoric acid groups is 2. The van der Waals surface area contributed by atoms with Crippen molar-refractivity contribution < 1.29 is 77.0 Å². The fourth-order valence-corrected chi connectivity index (χ4v) is 8.42. The lowest BCUT2D eigenvalue weighted by Gasteiger charge is -2.32. The Morgan fingerprint density at radius 1 is 1.04 bits per heavy atom. The summed E-state index contributed by atoms with van der Waals surface area (Å²) in [5.74, 6) is -1.45. The van der Waals surface area contributed by atoms with Crippen molar-refractivity contribution in [1.29, 1.82) is 0 Å². The van der Waals surface area contributed by atoms with E-state index in [0.717, 1.165) is 0 Å². The van der Waals surface area contributed by atoms with Gasteiger partial charge in [-0.1, -0.05) is 12.8 Å². The summed E-state index contributed by atoms with van der Waals surface area (Å²) < 4.78 is 29.4. The number of hydrogen-bond donors (Lipinski definition) is 11. The molecule has 0 spiro atoms. The van der Waals surface area contributed by atoms with E-state index in [1.807, 2.05) is 0 Å². The van der Waals surface area contributed by atoms with Gasteiger partial charge in [0.05, 0.1) is 18.7 Å². The number of aliphatic carboxylic acids is 1. The van der Waals surface area contributed by atoms with Crippen molar-refractivity contribution >= 4 is 57.5 Å². The molecule has 0 aromatic rings. The number of unbranched alkanes of at least 4 members (excludes halogenated alkanes) is 3. The first-order valence-corrected chi connectivity index (χ1v) is 18.2. The van der Waals surface area contributed by atoms with Crippen LogP contribution < -0.4 is 21.3 Å². The second-order valence-electron chi connectivity index (χ2n) is 10.6. The van der Waals surface area contributed by atoms with Crippen LogP contribution in [0, 0.1) is 0 Å². The molecular weight excluding hydrogens is 682 g/mol. The summed E-state index contributed by atoms with van der Waals surface area (Å²) in [4.78, 5) is 86.6. The molecule has 2 aliphatic rings. The normalized spacial score (nSPS) is 24.8. The minimum atomic E-state index is -5.54. The number of phosphoric ester groups is 1. The maximum Gasteiger partial charge on any atom is 0.481 e. The Kier molecular flexibility index (Phi) is 15.5. The zero-order chi connectivity index (χ0) is 34.7. The van der Waals surface area contributed by atoms with Gasteiger partial charge in [-0.05, 0) is 25.7 Å². The zero-order valence-corrected chi connectivity index (χ0v) is 27.0. The highest BCUT2D eigenvalue weighted by molar-refractivity contribution is 8.01. The maximum absolute atomic E-state index is 13.3. The number of carboxylic acids is 1. The van der Waals surface area contributed by atoms with Gasteiger partial charge in [-0.25, -0.2) is 13.9 Å². The van der Waals surface area contributed by atoms with Crippen molar-refractivity contribution in [3.8, 4) is 0 Å². The smallest absolute Gasteiger partial charge is 0.481 e. The highest BCUT2D eigenvalue weighted by Gasteiger charge is 2.57. The Hall–Kier alpha value is -2.16. The molecule has 0 aliphatic carbocycles. The molecule has 20 nitrogen and oxygen atoms in total. The fraction of sp³-hybridized carbons (Fsp3) is 0.783. The van der Waals surface area contributed by atoms with Gasteiger partial charge in [0.2, 0.25) is 11.8 Å². The van der Waals surface area contributed by atoms with E-state index in [9.17, 15) is 53.3 Å². The van der Waals surface area contributed by atoms with Crippen LogP contribution in [0.25, 0.3) is 0 Å². The standard InChI is InChI=1S/C23H40N4O16P2S/c28-10-13(18(33)19(34)15(11-29)42-45(40,41)43-44(37,38)39)25-16(30)6-2-1-5-9-24-21(35)23(8-4-3-7-17(31)32)20-14(12-46-23)26-22(36)27-20/h10,13-15,18-20,29,33-34H,1-9,11-12H2,(H,24,35)(H,25,30)(H,31,32)(H,40,41)(H2,26,27,36)(H2,37,38,39)/t13-,14-,15+,18+,19-,20-,23-/m0/s1. The Morgan fingerprint density at radius 2 is 1.72 bits per heavy atom. The van der Waals surface area contributed by atoms with Gasteiger partial charge in [-0.3, -0.25) is 18.9 Å². The molecule has 0 aromatic carbocycles. The minimum Gasteiger partial charge on any atom is -0.481 e. The number of hydrogen-bond acceptors (Lipinski definition) is 13. The number of nitrogens with one attached hydrogen (secondary N) is 4. The molecule has 8 atom stereocenters. The SMILES string of the molecule is O=C[C@H](NC(=O)CCCCCNC(=O)[C@@]1(CCCCC(=O)O)SC[C@@H]2NC(=O)N[C@@H]21)[C@@H](O)[C@@H](O)[C@@H](CO)OP(=O)(O)OP(=O)(O)O. The van der Waals surface area contributed by atoms with Crippen molar-refractivity contribution in [2.24, 2.45) is 0 Å². The van der Waals surface area contributed by atoms with Gasteiger partial charge in [0, 0.05) is 25.1 Å². The van der Waals surface area contributed by atoms with Crippen LogP contribution in [-0.4, -0.2) is 125 Å². The van der Waals surface area contributed by atoms with E-state index in [4.69, 9.17) is 14.9 Å². The maximum atomic E-state index is 13.3. The van der Waals surface area contributed by atoms with Crippen LogP contribution in [-0.2, 0) is 37.1 Å². The molecule has 2 saturated heterocycles. The molecule has 46 heavy (non-hydrogen) atoms. The number of aliphatic hydroxyl groups excluding tert-OH is 3. The second kappa shape index (κ2) is 17.8. The van der Waals surface area contributed by atoms with Crippen molar-refractivity contribution in [2.45, 2.75) is 92.6 Å². The minimum absolute atomic E-state index is 0.0382. The number of carboxylic acid groups (broad SMARTS) is 1. The van der Waals surface area contributed by atoms with E-state index in [1.165, 1.54) is 11.8 Å². The summed E-state index contributed by atoms with van der Waals surface area (Å²) in [7, 11) is -11.1. The third kappa shape index (κ3) is 12.1. The average Bonchev–Trinajstić information content (AvgIpc) is 3.50. The van der Waals surface area contributed by atoms with Crippen LogP contribution in [0.4, 0.5) is 4.79 Å². The van der Waals surface area contributed by atoms with E-state index in [2.05, 4.69) is 30.1 Å². The topological polar surface area (TPSA) is 328 Å². The van der Waals surface area contributed by atoms with Gasteiger partial charge < -0.3 is 61.2 Å². The van der Waals surface area contributed by atoms with Gasteiger partial charge in [0.25, 0.3) is 0 Å². The third-order valence-electron chi connectivity index (χ3n) is 7.20. The number of aliphatic hydroxyl groups is 3. The summed E-state index contributed by atoms with van der Waals surface area (Å²) >= 11 is 1.40. The largest absolute Gasteiger partial charge is 0.481 e. The summed E-state index contributed by atoms with van der Waals surface area (Å²) in [5.41, 5.74) is 0. The summed E-state index contributed by atoms with van der Waals surface area (Å²) in [6.45, 7) is -1.03. The summed E-state index contributed by atoms with van der Waals surface area (Å²) in [6.07, 6.45) is -4.40. The van der Waals surface area contributed by atoms with Crippen molar-refractivity contribution in [1.82, 2.24) is 21.3 Å². The number of carbonyl (C=O) groups excluding carboxylic acids is 4. The second-order valence-corrected chi connectivity index (χ2v) is 14.8. The molecule has 0 bridgehead atoms. The number of amides is 4. The van der Waals surface area contributed by atoms with Gasteiger partial charge >= 0.3 is 27.6 Å². The fourth-order valence-electron chi connectivity index (χ4n) is 5.01. The van der Waals surface area contributed by atoms with Gasteiger partial charge in [0.15, 0.2) is 0 Å². The molecule has 2 rings (SSSR count). The molecule has 2 heterocycles. The Bertz CT molecular complexity index is 1190. The van der Waals surface area contributed by atoms with Crippen LogP contribution in [0.5, 0.6) is 0 Å². The predicted octanol–water partition coefficient (Wildman–Crippen LogP) is -2.16. The molecule has 0 saturated carbocycles. The van der Waals surface area contributed by atoms with E-state index in [1.54, 1.807) is 0 Å². The van der Waals surface area contributed by atoms with Crippen LogP contribution in [0.15, 0.2) is 0 Å². The third-order valence-corrected chi connectivity index (χ3v) is 11.1. The number of thioether (sulfide) groups is 1. The van der Waals surface area contributed by atoms with E-state index >= 15 is 0 Å². The van der Waals surface area contributed by atoms with Crippen LogP contribution in [0.1, 0.15) is 51.4 Å². The van der Waals surface area contributed by atoms with Crippen molar-refractivity contribution in [2.75, 3.05) is 18.9 Å². The highest BCUT2D eigenvalue weighted by atomic mass is 32.2. The molecule has 2 fully saturated rings. The molecule has 0 aromatic heterocycles. The first kappa shape index (κ1) is 40.0. The van der Waals surface area contributed by atoms with E-state index < -0.39 is 69.3 Å². The van der Waals surface area contributed by atoms with Crippen molar-refractivity contribution in [3.63, 3.8) is 0 Å². The predicted molar refractivity (Wildman–Crippen MR) is 157 cm³/mol. The first-order chi connectivity index (χ1) is 21.4. The molecular formula is C23H40N4O16P2S. The quantitative estimate of drug-likeness (QED) is 0.0245. The highest BCUT2D eigenvalue weighted by Crippen LogP contribution is 2.58. The molecule has 264 valence electrons. The van der Waals surface area contributed by atoms with Crippen LogP contribution in [0.2, 0.25) is 0 Å². The lowest BCUT2D eigenvalue weighted by atomic mass is 9.88. The van der Waals surface area contributed by atoms with Gasteiger partial charge in [-0.2, -0.15) is 4.31 Å². The van der Waals surface area contributed by atoms with Gasteiger partial charge in [-0.15, -0.1) is 11.8 Å². The number of aldehydes is 1. The Balaban J connectivity index is 1.81.